The Morgan fingerprint density at radius 1 is 0.667 bits per heavy atom. The first-order chi connectivity index (χ1) is 17.7. The van der Waals surface area contributed by atoms with Crippen LogP contribution in [-0.2, 0) is 0 Å². The zero-order valence-electron chi connectivity index (χ0n) is 20.1. The third kappa shape index (κ3) is 4.86. The quantitative estimate of drug-likeness (QED) is 0.205. The lowest BCUT2D eigenvalue weighted by Gasteiger charge is -2.24. The van der Waals surface area contributed by atoms with E-state index in [1.807, 2.05) is 18.2 Å². The molecule has 0 unspecified atom stereocenters. The second-order valence-electron chi connectivity index (χ2n) is 8.40. The second-order valence-corrected chi connectivity index (χ2v) is 11.0. The van der Waals surface area contributed by atoms with Gasteiger partial charge >= 0.3 is 0 Å². The van der Waals surface area contributed by atoms with E-state index in [9.17, 15) is 0 Å². The van der Waals surface area contributed by atoms with Crippen LogP contribution in [0.15, 0.2) is 134 Å². The molecule has 0 radical (unpaired) electrons. The molecule has 0 spiro atoms. The van der Waals surface area contributed by atoms with Crippen LogP contribution in [0, 0.1) is 0 Å². The molecule has 0 saturated carbocycles. The van der Waals surface area contributed by atoms with Gasteiger partial charge in [-0.25, -0.2) is 0 Å². The summed E-state index contributed by atoms with van der Waals surface area (Å²) in [6.07, 6.45) is 0. The molecule has 0 fully saturated rings. The highest BCUT2D eigenvalue weighted by atomic mass is 35.5. The molecular formula is C33H26ClOP. The van der Waals surface area contributed by atoms with E-state index >= 15 is 0 Å². The Morgan fingerprint density at radius 2 is 1.22 bits per heavy atom. The number of hydrogen-bond donors (Lipinski definition) is 0. The molecule has 0 bridgehead atoms. The molecule has 36 heavy (non-hydrogen) atoms. The number of benzene rings is 5. The summed E-state index contributed by atoms with van der Waals surface area (Å²) in [5, 5.41) is 4.54. The van der Waals surface area contributed by atoms with Gasteiger partial charge in [-0.3, -0.25) is 0 Å². The van der Waals surface area contributed by atoms with E-state index in [2.05, 4.69) is 116 Å². The summed E-state index contributed by atoms with van der Waals surface area (Å²) in [7, 11) is 0.869. The van der Waals surface area contributed by atoms with E-state index in [1.165, 1.54) is 21.5 Å². The highest BCUT2D eigenvalue weighted by Gasteiger charge is 2.21. The summed E-state index contributed by atoms with van der Waals surface area (Å²) in [6, 6.07) is 44.7. The van der Waals surface area contributed by atoms with Crippen LogP contribution >= 0.6 is 19.5 Å². The van der Waals surface area contributed by atoms with E-state index < -0.39 is 7.92 Å². The number of ether oxygens (including phenoxy) is 1. The Balaban J connectivity index is 1.67. The molecule has 0 aliphatic rings. The lowest BCUT2D eigenvalue weighted by molar-refractivity contribution is 0.415. The Hall–Kier alpha value is -3.64. The van der Waals surface area contributed by atoms with Crippen molar-refractivity contribution < 1.29 is 4.74 Å². The van der Waals surface area contributed by atoms with Gasteiger partial charge in [0.1, 0.15) is 5.75 Å². The fourth-order valence-corrected chi connectivity index (χ4v) is 7.19. The Bertz CT molecular complexity index is 1460. The molecule has 176 valence electrons. The van der Waals surface area contributed by atoms with E-state index in [0.29, 0.717) is 10.8 Å². The maximum absolute atomic E-state index is 6.46. The molecular weight excluding hydrogens is 479 g/mol. The number of hydrogen-bond acceptors (Lipinski definition) is 1. The third-order valence-electron chi connectivity index (χ3n) is 6.22. The van der Waals surface area contributed by atoms with Crippen molar-refractivity contribution in [1.82, 2.24) is 0 Å². The topological polar surface area (TPSA) is 9.23 Å². The standard InChI is InChI=1S/C33H26ClOP/c1-24(25-21-22-32(35-2)31(34)23-25)28-17-9-10-18-29(28)30-19-11-12-20-33(30)36(26-13-5-3-6-14-26)27-15-7-4-8-16-27/h3-23H,1H2,2H3. The fourth-order valence-electron chi connectivity index (χ4n) is 4.47. The normalized spacial score (nSPS) is 10.9. The monoisotopic (exact) mass is 504 g/mol. The molecule has 3 heteroatoms. The fraction of sp³-hybridized carbons (Fsp3) is 0.0303. The van der Waals surface area contributed by atoms with Crippen molar-refractivity contribution >= 4 is 41.0 Å². The van der Waals surface area contributed by atoms with Gasteiger partial charge in [0, 0.05) is 0 Å². The predicted octanol–water partition coefficient (Wildman–Crippen LogP) is 7.84. The summed E-state index contributed by atoms with van der Waals surface area (Å²) in [4.78, 5) is 0. The van der Waals surface area contributed by atoms with Gasteiger partial charge in [0.25, 0.3) is 0 Å². The van der Waals surface area contributed by atoms with Crippen LogP contribution in [0.25, 0.3) is 16.7 Å². The van der Waals surface area contributed by atoms with Crippen molar-refractivity contribution in [3.63, 3.8) is 0 Å². The van der Waals surface area contributed by atoms with Crippen LogP contribution in [0.3, 0.4) is 0 Å². The van der Waals surface area contributed by atoms with Crippen molar-refractivity contribution in [3.8, 4) is 16.9 Å². The van der Waals surface area contributed by atoms with Crippen molar-refractivity contribution in [2.24, 2.45) is 0 Å². The van der Waals surface area contributed by atoms with Crippen molar-refractivity contribution in [3.05, 3.63) is 150 Å². The maximum Gasteiger partial charge on any atom is 0.137 e. The summed E-state index contributed by atoms with van der Waals surface area (Å²) < 4.78 is 5.35. The third-order valence-corrected chi connectivity index (χ3v) is 9.01. The molecule has 0 amide bonds. The number of methoxy groups -OCH3 is 1. The minimum Gasteiger partial charge on any atom is -0.495 e. The lowest BCUT2D eigenvalue weighted by atomic mass is 9.91. The molecule has 0 heterocycles. The molecule has 0 aliphatic carbocycles. The van der Waals surface area contributed by atoms with Gasteiger partial charge in [-0.2, -0.15) is 0 Å². The van der Waals surface area contributed by atoms with Crippen LogP contribution < -0.4 is 20.7 Å². The summed E-state index contributed by atoms with van der Waals surface area (Å²) in [5.41, 5.74) is 5.35. The van der Waals surface area contributed by atoms with Gasteiger partial charge in [-0.15, -0.1) is 0 Å². The average molecular weight is 505 g/mol. The second kappa shape index (κ2) is 11.0. The molecule has 5 aromatic carbocycles. The van der Waals surface area contributed by atoms with E-state index in [0.717, 1.165) is 22.3 Å². The summed E-state index contributed by atoms with van der Waals surface area (Å²) >= 11 is 6.46. The minimum absolute atomic E-state index is 0.575. The van der Waals surface area contributed by atoms with E-state index in [1.54, 1.807) is 7.11 Å². The predicted molar refractivity (Wildman–Crippen MR) is 157 cm³/mol. The summed E-state index contributed by atoms with van der Waals surface area (Å²) in [5.74, 6) is 0.656. The molecule has 0 aliphatic heterocycles. The molecule has 1 nitrogen and oxygen atoms in total. The van der Waals surface area contributed by atoms with Gasteiger partial charge in [0.15, 0.2) is 0 Å². The first kappa shape index (κ1) is 24.1. The Morgan fingerprint density at radius 3 is 1.83 bits per heavy atom. The zero-order chi connectivity index (χ0) is 24.9. The zero-order valence-corrected chi connectivity index (χ0v) is 21.7. The number of halogens is 1. The van der Waals surface area contributed by atoms with Crippen molar-refractivity contribution in [1.29, 1.82) is 0 Å². The van der Waals surface area contributed by atoms with Crippen LogP contribution in [0.1, 0.15) is 11.1 Å². The molecule has 5 rings (SSSR count). The minimum atomic E-state index is -0.755. The van der Waals surface area contributed by atoms with Gasteiger partial charge in [0.05, 0.1) is 12.1 Å². The number of rotatable bonds is 7. The summed E-state index contributed by atoms with van der Waals surface area (Å²) in [6.45, 7) is 4.47. The molecule has 0 aromatic heterocycles. The highest BCUT2D eigenvalue weighted by molar-refractivity contribution is 7.80. The smallest absolute Gasteiger partial charge is 0.137 e. The largest absolute Gasteiger partial charge is 0.495 e. The first-order valence-corrected chi connectivity index (χ1v) is 13.5. The van der Waals surface area contributed by atoms with Crippen molar-refractivity contribution in [2.45, 2.75) is 0 Å². The maximum atomic E-state index is 6.46. The van der Waals surface area contributed by atoms with Gasteiger partial charge in [0.2, 0.25) is 0 Å². The Labute approximate surface area is 219 Å². The Kier molecular flexibility index (Phi) is 7.33. The average Bonchev–Trinajstić information content (AvgIpc) is 2.94. The van der Waals surface area contributed by atoms with Crippen LogP contribution in [0.5, 0.6) is 5.75 Å². The van der Waals surface area contributed by atoms with Crippen LogP contribution in [-0.4, -0.2) is 7.11 Å². The van der Waals surface area contributed by atoms with Gasteiger partial charge in [-0.1, -0.05) is 133 Å². The van der Waals surface area contributed by atoms with Crippen LogP contribution in [0.4, 0.5) is 0 Å². The van der Waals surface area contributed by atoms with Gasteiger partial charge < -0.3 is 4.74 Å². The first-order valence-electron chi connectivity index (χ1n) is 11.8. The molecule has 5 aromatic rings. The van der Waals surface area contributed by atoms with E-state index in [-0.39, 0.29) is 0 Å². The molecule has 0 atom stereocenters. The van der Waals surface area contributed by atoms with Crippen LogP contribution in [0.2, 0.25) is 5.02 Å². The SMILES string of the molecule is C=C(c1ccc(OC)c(Cl)c1)c1ccccc1-c1ccccc1P(c1ccccc1)c1ccccc1. The van der Waals surface area contributed by atoms with Gasteiger partial charge in [-0.05, 0) is 63.8 Å². The van der Waals surface area contributed by atoms with Crippen molar-refractivity contribution in [2.75, 3.05) is 7.11 Å². The van der Waals surface area contributed by atoms with E-state index in [4.69, 9.17) is 16.3 Å². The highest BCUT2D eigenvalue weighted by Crippen LogP contribution is 2.40. The lowest BCUT2D eigenvalue weighted by Crippen LogP contribution is -2.22. The molecule has 0 saturated heterocycles. The molecule has 0 N–H and O–H groups in total.